The Labute approximate surface area is 127 Å². The van der Waals surface area contributed by atoms with Crippen molar-refractivity contribution >= 4 is 5.97 Å². The lowest BCUT2D eigenvalue weighted by atomic mass is 9.87. The number of hydrogen-bond acceptors (Lipinski definition) is 2. The Kier molecular flexibility index (Phi) is 5.97. The maximum Gasteiger partial charge on any atom is 0.438 e. The molecule has 0 aliphatic rings. The highest BCUT2D eigenvalue weighted by molar-refractivity contribution is 5.90. The van der Waals surface area contributed by atoms with Crippen molar-refractivity contribution in [3.63, 3.8) is 0 Å². The van der Waals surface area contributed by atoms with Crippen LogP contribution < -0.4 is 0 Å². The maximum atomic E-state index is 13.6. The molecule has 0 radical (unpaired) electrons. The molecule has 0 saturated heterocycles. The summed E-state index contributed by atoms with van der Waals surface area (Å²) in [6.45, 7) is 0.723. The molecule has 0 N–H and O–H groups in total. The second kappa shape index (κ2) is 6.39. The van der Waals surface area contributed by atoms with Crippen LogP contribution >= 0.6 is 0 Å². The molecule has 0 heterocycles. The van der Waals surface area contributed by atoms with Gasteiger partial charge in [0, 0.05) is 0 Å². The standard InChI is InChI=1S/C11H9F11O2/c1-3-5(6(23)24-4-2)7(12,13)9(15,16)8(14,10(17,18)19)11(20,21)22/h3H,4H2,1-2H3. The van der Waals surface area contributed by atoms with Gasteiger partial charge in [-0.05, 0) is 13.8 Å². The quantitative estimate of drug-likeness (QED) is 0.395. The summed E-state index contributed by atoms with van der Waals surface area (Å²) in [6.07, 6.45) is -15.1. The molecular weight excluding hydrogens is 373 g/mol. The van der Waals surface area contributed by atoms with Crippen LogP contribution in [0.4, 0.5) is 48.3 Å². The summed E-state index contributed by atoms with van der Waals surface area (Å²) in [4.78, 5) is 11.1. The van der Waals surface area contributed by atoms with E-state index in [2.05, 4.69) is 4.74 Å². The fraction of sp³-hybridized carbons (Fsp3) is 0.727. The first-order valence-electron chi connectivity index (χ1n) is 5.85. The van der Waals surface area contributed by atoms with Gasteiger partial charge in [0.15, 0.2) is 0 Å². The van der Waals surface area contributed by atoms with Gasteiger partial charge in [0.2, 0.25) is 0 Å². The van der Waals surface area contributed by atoms with E-state index in [9.17, 15) is 53.1 Å². The van der Waals surface area contributed by atoms with E-state index in [1.165, 1.54) is 0 Å². The minimum absolute atomic E-state index is 0.195. The summed E-state index contributed by atoms with van der Waals surface area (Å²) in [7, 11) is 0. The Hall–Kier alpha value is -1.56. The van der Waals surface area contributed by atoms with Crippen molar-refractivity contribution in [3.05, 3.63) is 11.6 Å². The van der Waals surface area contributed by atoms with Crippen molar-refractivity contribution in [1.29, 1.82) is 0 Å². The maximum absolute atomic E-state index is 13.6. The van der Waals surface area contributed by atoms with Crippen LogP contribution in [0.25, 0.3) is 0 Å². The van der Waals surface area contributed by atoms with E-state index in [0.29, 0.717) is 6.92 Å². The first-order valence-corrected chi connectivity index (χ1v) is 5.85. The molecule has 0 aromatic heterocycles. The number of esters is 1. The van der Waals surface area contributed by atoms with Crippen molar-refractivity contribution in [2.75, 3.05) is 6.61 Å². The smallest absolute Gasteiger partial charge is 0.438 e. The summed E-state index contributed by atoms with van der Waals surface area (Å²) in [6, 6.07) is 0. The van der Waals surface area contributed by atoms with Crippen molar-refractivity contribution in [2.45, 2.75) is 43.7 Å². The van der Waals surface area contributed by atoms with Gasteiger partial charge < -0.3 is 4.74 Å². The number of carbonyl (C=O) groups excluding carboxylic acids is 1. The SMILES string of the molecule is CC=C(C(=O)OCC)C(F)(F)C(F)(F)C(F)(C(F)(F)F)C(F)(F)F. The molecule has 0 spiro atoms. The summed E-state index contributed by atoms with van der Waals surface area (Å²) in [5, 5.41) is 0. The number of carbonyl (C=O) groups is 1. The topological polar surface area (TPSA) is 26.3 Å². The third-order valence-electron chi connectivity index (χ3n) is 2.73. The zero-order valence-electron chi connectivity index (χ0n) is 11.8. The average molecular weight is 382 g/mol. The fourth-order valence-corrected chi connectivity index (χ4v) is 1.54. The summed E-state index contributed by atoms with van der Waals surface area (Å²) in [5.74, 6) is -16.2. The van der Waals surface area contributed by atoms with Gasteiger partial charge in [-0.1, -0.05) is 6.08 Å². The first-order chi connectivity index (χ1) is 10.4. The number of rotatable bonds is 5. The van der Waals surface area contributed by atoms with Gasteiger partial charge in [-0.3, -0.25) is 0 Å². The molecule has 0 aliphatic heterocycles. The Balaban J connectivity index is 6.49. The molecule has 142 valence electrons. The molecular formula is C11H9F11O2. The third kappa shape index (κ3) is 3.16. The average Bonchev–Trinajstić information content (AvgIpc) is 2.35. The zero-order valence-corrected chi connectivity index (χ0v) is 11.8. The first kappa shape index (κ1) is 22.4. The lowest BCUT2D eigenvalue weighted by molar-refractivity contribution is -0.421. The van der Waals surface area contributed by atoms with E-state index in [0.717, 1.165) is 6.92 Å². The summed E-state index contributed by atoms with van der Waals surface area (Å²) in [5.41, 5.74) is -10.2. The van der Waals surface area contributed by atoms with Crippen LogP contribution in [-0.4, -0.2) is 42.4 Å². The van der Waals surface area contributed by atoms with E-state index in [1.54, 1.807) is 0 Å². The number of halogens is 11. The predicted octanol–water partition coefficient (Wildman–Crippen LogP) is 4.60. The van der Waals surface area contributed by atoms with Crippen LogP contribution in [0, 0.1) is 0 Å². The lowest BCUT2D eigenvalue weighted by Crippen LogP contribution is -2.70. The molecule has 0 saturated carbocycles. The molecule has 24 heavy (non-hydrogen) atoms. The highest BCUT2D eigenvalue weighted by Gasteiger charge is 2.90. The largest absolute Gasteiger partial charge is 0.462 e. The molecule has 2 nitrogen and oxygen atoms in total. The molecule has 0 unspecified atom stereocenters. The van der Waals surface area contributed by atoms with Crippen LogP contribution in [-0.2, 0) is 9.53 Å². The number of allylic oxidation sites excluding steroid dienone is 1. The van der Waals surface area contributed by atoms with Gasteiger partial charge in [0.05, 0.1) is 6.61 Å². The van der Waals surface area contributed by atoms with Crippen molar-refractivity contribution in [2.24, 2.45) is 0 Å². The van der Waals surface area contributed by atoms with Gasteiger partial charge in [-0.2, -0.15) is 43.9 Å². The Morgan fingerprint density at radius 1 is 0.875 bits per heavy atom. The van der Waals surface area contributed by atoms with Gasteiger partial charge >= 0.3 is 35.8 Å². The summed E-state index contributed by atoms with van der Waals surface area (Å²) < 4.78 is 145. The monoisotopic (exact) mass is 382 g/mol. The molecule has 0 bridgehead atoms. The van der Waals surface area contributed by atoms with Gasteiger partial charge in [0.1, 0.15) is 5.57 Å². The highest BCUT2D eigenvalue weighted by Crippen LogP contribution is 2.60. The van der Waals surface area contributed by atoms with Gasteiger partial charge in [0.25, 0.3) is 0 Å². The summed E-state index contributed by atoms with van der Waals surface area (Å²) >= 11 is 0. The van der Waals surface area contributed by atoms with E-state index in [4.69, 9.17) is 0 Å². The molecule has 0 rings (SSSR count). The lowest BCUT2D eigenvalue weighted by Gasteiger charge is -2.39. The van der Waals surface area contributed by atoms with Crippen LogP contribution in [0.15, 0.2) is 11.6 Å². The molecule has 0 atom stereocenters. The molecule has 0 aliphatic carbocycles. The van der Waals surface area contributed by atoms with E-state index < -0.39 is 48.0 Å². The second-order valence-corrected chi connectivity index (χ2v) is 4.23. The Bertz CT molecular complexity index is 487. The molecule has 0 aromatic carbocycles. The van der Waals surface area contributed by atoms with Gasteiger partial charge in [-0.25, -0.2) is 9.18 Å². The van der Waals surface area contributed by atoms with Crippen LogP contribution in [0.2, 0.25) is 0 Å². The Morgan fingerprint density at radius 3 is 1.50 bits per heavy atom. The highest BCUT2D eigenvalue weighted by atomic mass is 19.4. The van der Waals surface area contributed by atoms with Gasteiger partial charge in [-0.15, -0.1) is 0 Å². The normalized spacial score (nSPS) is 15.5. The van der Waals surface area contributed by atoms with Crippen LogP contribution in [0.3, 0.4) is 0 Å². The van der Waals surface area contributed by atoms with E-state index >= 15 is 0 Å². The zero-order chi connectivity index (χ0) is 19.8. The Morgan fingerprint density at radius 2 is 1.25 bits per heavy atom. The van der Waals surface area contributed by atoms with Crippen molar-refractivity contribution < 1.29 is 57.8 Å². The van der Waals surface area contributed by atoms with E-state index in [-0.39, 0.29) is 6.08 Å². The molecule has 0 amide bonds. The number of hydrogen-bond donors (Lipinski definition) is 0. The molecule has 13 heteroatoms. The van der Waals surface area contributed by atoms with Crippen LogP contribution in [0.1, 0.15) is 13.8 Å². The predicted molar refractivity (Wildman–Crippen MR) is 56.2 cm³/mol. The minimum Gasteiger partial charge on any atom is -0.462 e. The molecule has 0 aromatic rings. The van der Waals surface area contributed by atoms with Crippen molar-refractivity contribution in [1.82, 2.24) is 0 Å². The molecule has 0 fully saturated rings. The number of ether oxygens (including phenoxy) is 1. The minimum atomic E-state index is -7.61. The number of alkyl halides is 11. The van der Waals surface area contributed by atoms with E-state index in [1.807, 2.05) is 0 Å². The second-order valence-electron chi connectivity index (χ2n) is 4.23. The van der Waals surface area contributed by atoms with Crippen molar-refractivity contribution in [3.8, 4) is 0 Å². The van der Waals surface area contributed by atoms with Crippen LogP contribution in [0.5, 0.6) is 0 Å². The fourth-order valence-electron chi connectivity index (χ4n) is 1.54. The third-order valence-corrected chi connectivity index (χ3v) is 2.73.